The number of aliphatic hydroxyl groups excluding tert-OH is 1. The Morgan fingerprint density at radius 3 is 2.81 bits per heavy atom. The molecule has 3 aliphatic heterocycles. The Hall–Kier alpha value is -1.93. The van der Waals surface area contributed by atoms with Gasteiger partial charge in [0.25, 0.3) is 11.8 Å². The van der Waals surface area contributed by atoms with Crippen LogP contribution in [0.25, 0.3) is 0 Å². The van der Waals surface area contributed by atoms with Crippen molar-refractivity contribution in [1.82, 2.24) is 4.90 Å². The van der Waals surface area contributed by atoms with Crippen molar-refractivity contribution in [2.45, 2.75) is 38.2 Å². The molecule has 2 amide bonds. The molecule has 3 heterocycles. The number of ether oxygens (including phenoxy) is 2. The lowest BCUT2D eigenvalue weighted by molar-refractivity contribution is -0.122. The summed E-state index contributed by atoms with van der Waals surface area (Å²) in [6, 6.07) is 1.75. The molecule has 1 unspecified atom stereocenters. The molecule has 0 aliphatic carbocycles. The van der Waals surface area contributed by atoms with Gasteiger partial charge in [0.05, 0.1) is 30.4 Å². The first-order valence-electron chi connectivity index (χ1n) is 10.7. The lowest BCUT2D eigenvalue weighted by Gasteiger charge is -2.34. The van der Waals surface area contributed by atoms with Crippen LogP contribution in [0.15, 0.2) is 22.9 Å². The van der Waals surface area contributed by atoms with Crippen LogP contribution in [0.1, 0.15) is 47.2 Å². The van der Waals surface area contributed by atoms with Gasteiger partial charge < -0.3 is 19.5 Å². The highest BCUT2D eigenvalue weighted by Gasteiger charge is 2.37. The smallest absolute Gasteiger partial charge is 0.258 e. The van der Waals surface area contributed by atoms with Gasteiger partial charge >= 0.3 is 0 Å². The van der Waals surface area contributed by atoms with Gasteiger partial charge in [-0.2, -0.15) is 0 Å². The highest BCUT2D eigenvalue weighted by molar-refractivity contribution is 6.37. The maximum atomic E-state index is 13.5. The van der Waals surface area contributed by atoms with Crippen molar-refractivity contribution < 1.29 is 24.2 Å². The normalized spacial score (nSPS) is 24.2. The minimum Gasteiger partial charge on any atom is -0.500 e. The van der Waals surface area contributed by atoms with E-state index >= 15 is 0 Å². The predicted molar refractivity (Wildman–Crippen MR) is 122 cm³/mol. The van der Waals surface area contributed by atoms with Crippen LogP contribution in [0.4, 0.5) is 0 Å². The fraction of sp³-hybridized carbons (Fsp3) is 0.522. The molecule has 4 rings (SSSR count). The minimum atomic E-state index is -0.663. The molecule has 1 aromatic carbocycles. The number of carbonyl (C=O) groups excluding carboxylic acids is 2. The van der Waals surface area contributed by atoms with E-state index in [4.69, 9.17) is 32.7 Å². The van der Waals surface area contributed by atoms with Crippen molar-refractivity contribution in [3.8, 4) is 0 Å². The van der Waals surface area contributed by atoms with Gasteiger partial charge in [-0.1, -0.05) is 23.2 Å². The van der Waals surface area contributed by atoms with E-state index in [1.807, 2.05) is 0 Å². The maximum Gasteiger partial charge on any atom is 0.258 e. The van der Waals surface area contributed by atoms with Crippen molar-refractivity contribution in [3.05, 3.63) is 44.6 Å². The van der Waals surface area contributed by atoms with Gasteiger partial charge in [-0.05, 0) is 49.5 Å². The first kappa shape index (κ1) is 23.2. The Kier molecular flexibility index (Phi) is 6.91. The molecule has 9 heteroatoms. The molecule has 7 nitrogen and oxygen atoms in total. The Balaban J connectivity index is 1.65. The topological polar surface area (TPSA) is 88.4 Å². The molecule has 1 saturated heterocycles. The van der Waals surface area contributed by atoms with Crippen LogP contribution in [0.3, 0.4) is 0 Å². The van der Waals surface area contributed by atoms with Crippen molar-refractivity contribution in [2.24, 2.45) is 10.9 Å². The zero-order chi connectivity index (χ0) is 23.0. The monoisotopic (exact) mass is 480 g/mol. The first-order chi connectivity index (χ1) is 15.3. The average molecular weight is 481 g/mol. The number of carbonyl (C=O) groups is 2. The lowest BCUT2D eigenvalue weighted by atomic mass is 9.87. The van der Waals surface area contributed by atoms with Crippen molar-refractivity contribution >= 4 is 40.7 Å². The fourth-order valence-corrected chi connectivity index (χ4v) is 5.44. The van der Waals surface area contributed by atoms with E-state index in [0.29, 0.717) is 57.8 Å². The Morgan fingerprint density at radius 1 is 1.38 bits per heavy atom. The van der Waals surface area contributed by atoms with Crippen LogP contribution in [0.2, 0.25) is 10.0 Å². The molecular formula is C23H26Cl2N2O5. The summed E-state index contributed by atoms with van der Waals surface area (Å²) in [6.07, 6.45) is 3.78. The van der Waals surface area contributed by atoms with Gasteiger partial charge in [0.1, 0.15) is 11.7 Å². The number of hydrogen-bond acceptors (Lipinski definition) is 5. The highest BCUT2D eigenvalue weighted by Crippen LogP contribution is 2.41. The summed E-state index contributed by atoms with van der Waals surface area (Å²) < 4.78 is 11.2. The van der Waals surface area contributed by atoms with Gasteiger partial charge in [-0.15, -0.1) is 0 Å². The van der Waals surface area contributed by atoms with Crippen molar-refractivity contribution in [3.63, 3.8) is 0 Å². The largest absolute Gasteiger partial charge is 0.500 e. The number of aliphatic imine (C=N–C) groups is 1. The predicted octanol–water partition coefficient (Wildman–Crippen LogP) is 3.39. The van der Waals surface area contributed by atoms with Crippen LogP contribution in [-0.2, 0) is 20.7 Å². The van der Waals surface area contributed by atoms with E-state index in [2.05, 4.69) is 4.99 Å². The number of halogens is 2. The summed E-state index contributed by atoms with van der Waals surface area (Å²) in [5.41, 5.74) is 2.22. The van der Waals surface area contributed by atoms with Gasteiger partial charge in [-0.25, -0.2) is 4.99 Å². The van der Waals surface area contributed by atoms with E-state index in [1.165, 1.54) is 7.11 Å². The van der Waals surface area contributed by atoms with E-state index in [-0.39, 0.29) is 37.0 Å². The Morgan fingerprint density at radius 2 is 2.16 bits per heavy atom. The second kappa shape index (κ2) is 9.51. The van der Waals surface area contributed by atoms with E-state index < -0.39 is 5.92 Å². The maximum absolute atomic E-state index is 13.5. The third-order valence-electron chi connectivity index (χ3n) is 6.41. The summed E-state index contributed by atoms with van der Waals surface area (Å²) in [5.74, 6) is -1.17. The minimum absolute atomic E-state index is 0.140. The Bertz CT molecular complexity index is 1000. The second-order valence-corrected chi connectivity index (χ2v) is 9.14. The van der Waals surface area contributed by atoms with Crippen molar-refractivity contribution in [1.29, 1.82) is 0 Å². The molecule has 0 radical (unpaired) electrons. The SMILES string of the molecule is COC1=CC(C)=NC(=O)C1CN1CCc2c(Cl)cc([C@H](CO)[C@H]3CCCO3)c(Cl)c2C1=O. The molecule has 0 aromatic heterocycles. The van der Waals surface area contributed by atoms with E-state index in [0.717, 1.165) is 12.8 Å². The average Bonchev–Trinajstić information content (AvgIpc) is 3.29. The quantitative estimate of drug-likeness (QED) is 0.673. The van der Waals surface area contributed by atoms with E-state index in [9.17, 15) is 14.7 Å². The van der Waals surface area contributed by atoms with Crippen LogP contribution in [-0.4, -0.2) is 67.0 Å². The van der Waals surface area contributed by atoms with Crippen LogP contribution >= 0.6 is 23.2 Å². The number of hydrogen-bond donors (Lipinski definition) is 1. The van der Waals surface area contributed by atoms with Gasteiger partial charge in [0, 0.05) is 36.3 Å². The van der Waals surface area contributed by atoms with Crippen LogP contribution < -0.4 is 0 Å². The number of rotatable bonds is 6. The molecule has 32 heavy (non-hydrogen) atoms. The highest BCUT2D eigenvalue weighted by atomic mass is 35.5. The number of nitrogens with zero attached hydrogens (tertiary/aromatic N) is 2. The first-order valence-corrected chi connectivity index (χ1v) is 11.5. The molecule has 0 spiro atoms. The number of fused-ring (bicyclic) bond motifs is 1. The Labute approximate surface area is 197 Å². The molecule has 172 valence electrons. The van der Waals surface area contributed by atoms with Crippen LogP contribution in [0, 0.1) is 5.92 Å². The number of amides is 2. The molecule has 3 aliphatic rings. The van der Waals surface area contributed by atoms with Crippen molar-refractivity contribution in [2.75, 3.05) is 33.4 Å². The number of benzene rings is 1. The molecule has 3 atom stereocenters. The summed E-state index contributed by atoms with van der Waals surface area (Å²) in [6.45, 7) is 2.75. The van der Waals surface area contributed by atoms with Gasteiger partial charge in [0.2, 0.25) is 0 Å². The van der Waals surface area contributed by atoms with E-state index in [1.54, 1.807) is 24.0 Å². The molecule has 0 bridgehead atoms. The standard InChI is InChI=1S/C23H26Cl2N2O5/c1-12-8-19(31-2)15(22(29)26-12)10-27-6-5-13-17(24)9-14(21(25)20(13)23(27)30)16(11-28)18-4-3-7-32-18/h8-9,15-16,18,28H,3-7,10-11H2,1-2H3/t15?,16-,18+/m0/s1. The zero-order valence-electron chi connectivity index (χ0n) is 18.1. The molecule has 0 saturated carbocycles. The summed E-state index contributed by atoms with van der Waals surface area (Å²) in [4.78, 5) is 31.6. The number of methoxy groups -OCH3 is 1. The van der Waals surface area contributed by atoms with Crippen LogP contribution in [0.5, 0.6) is 0 Å². The molecule has 1 aromatic rings. The third kappa shape index (κ3) is 4.19. The number of dihydropyridines is 1. The molecular weight excluding hydrogens is 455 g/mol. The van der Waals surface area contributed by atoms with Gasteiger partial charge in [0.15, 0.2) is 0 Å². The molecule has 1 N–H and O–H groups in total. The van der Waals surface area contributed by atoms with Gasteiger partial charge in [-0.3, -0.25) is 9.59 Å². The second-order valence-electron chi connectivity index (χ2n) is 8.35. The number of aliphatic hydroxyl groups is 1. The summed E-state index contributed by atoms with van der Waals surface area (Å²) >= 11 is 13.3. The fourth-order valence-electron chi connectivity index (χ4n) is 4.74. The third-order valence-corrected chi connectivity index (χ3v) is 7.15. The summed E-state index contributed by atoms with van der Waals surface area (Å²) in [5, 5.41) is 10.8. The number of allylic oxidation sites excluding steroid dienone is 1. The lowest BCUT2D eigenvalue weighted by Crippen LogP contribution is -2.43. The molecule has 1 fully saturated rings. The zero-order valence-corrected chi connectivity index (χ0v) is 19.6. The summed E-state index contributed by atoms with van der Waals surface area (Å²) in [7, 11) is 1.50.